The third-order valence-electron chi connectivity index (χ3n) is 4.08. The number of carbonyl (C=O) groups excluding carboxylic acids is 1. The van der Waals surface area contributed by atoms with Crippen LogP contribution in [0.5, 0.6) is 5.88 Å². The number of amides is 1. The molecule has 1 aliphatic heterocycles. The number of carbonyl (C=O) groups is 1. The number of nitrogens with zero attached hydrogens (tertiary/aromatic N) is 5. The van der Waals surface area contributed by atoms with Crippen LogP contribution in [0.25, 0.3) is 11.4 Å². The molecule has 0 fully saturated rings. The van der Waals surface area contributed by atoms with Crippen LogP contribution < -0.4 is 10.9 Å². The highest BCUT2D eigenvalue weighted by molar-refractivity contribution is 8.05. The largest absolute Gasteiger partial charge is 0.492 e. The van der Waals surface area contributed by atoms with Crippen LogP contribution >= 0.6 is 23.4 Å². The zero-order valence-electron chi connectivity index (χ0n) is 14.9. The molecule has 1 unspecified atom stereocenters. The second-order valence-electron chi connectivity index (χ2n) is 6.13. The maximum absolute atomic E-state index is 12.1. The summed E-state index contributed by atoms with van der Waals surface area (Å²) in [6.45, 7) is 0.240. The molecule has 9 nitrogen and oxygen atoms in total. The Morgan fingerprint density at radius 1 is 1.24 bits per heavy atom. The van der Waals surface area contributed by atoms with Crippen molar-refractivity contribution < 1.29 is 9.90 Å². The molecule has 0 bridgehead atoms. The molecule has 0 radical (unpaired) electrons. The van der Waals surface area contributed by atoms with Crippen molar-refractivity contribution >= 4 is 29.3 Å². The van der Waals surface area contributed by atoms with E-state index in [1.807, 2.05) is 6.08 Å². The number of allylic oxidation sites excluding steroid dienone is 1. The van der Waals surface area contributed by atoms with E-state index >= 15 is 0 Å². The molecule has 0 aliphatic carbocycles. The first-order valence-corrected chi connectivity index (χ1v) is 9.92. The SMILES string of the molecule is O=C(NCc1cn(-c2ccc(-n3nc(O)ccc3=O)cc2)nn1)C1=CCC(Cl)S1. The molecule has 0 saturated heterocycles. The highest BCUT2D eigenvalue weighted by Crippen LogP contribution is 2.34. The van der Waals surface area contributed by atoms with Crippen molar-refractivity contribution in [1.82, 2.24) is 30.1 Å². The number of thioether (sulfide) groups is 1. The number of halogens is 1. The van der Waals surface area contributed by atoms with Crippen LogP contribution in [0.4, 0.5) is 0 Å². The van der Waals surface area contributed by atoms with Crippen molar-refractivity contribution in [3.05, 3.63) is 69.6 Å². The van der Waals surface area contributed by atoms with Crippen molar-refractivity contribution in [2.45, 2.75) is 17.7 Å². The Morgan fingerprint density at radius 2 is 2.00 bits per heavy atom. The normalized spacial score (nSPS) is 15.9. The van der Waals surface area contributed by atoms with E-state index in [1.54, 1.807) is 35.1 Å². The Bertz CT molecular complexity index is 1140. The fourth-order valence-corrected chi connectivity index (χ4v) is 3.89. The molecular formula is C18H15ClN6O3S. The van der Waals surface area contributed by atoms with Crippen LogP contribution in [-0.2, 0) is 11.3 Å². The average Bonchev–Trinajstić information content (AvgIpc) is 3.37. The number of aromatic nitrogens is 5. The lowest BCUT2D eigenvalue weighted by molar-refractivity contribution is -0.117. The Labute approximate surface area is 174 Å². The molecule has 148 valence electrons. The molecule has 1 aliphatic rings. The van der Waals surface area contributed by atoms with Gasteiger partial charge in [0.15, 0.2) is 0 Å². The lowest BCUT2D eigenvalue weighted by atomic mass is 10.3. The minimum absolute atomic E-state index is 0.0921. The van der Waals surface area contributed by atoms with Crippen molar-refractivity contribution in [3.63, 3.8) is 0 Å². The van der Waals surface area contributed by atoms with Crippen LogP contribution in [0.1, 0.15) is 12.1 Å². The second kappa shape index (κ2) is 8.10. The van der Waals surface area contributed by atoms with Gasteiger partial charge in [0.05, 0.1) is 33.7 Å². The molecule has 1 aromatic carbocycles. The maximum atomic E-state index is 12.1. The van der Waals surface area contributed by atoms with E-state index in [0.717, 1.165) is 4.68 Å². The van der Waals surface area contributed by atoms with Crippen molar-refractivity contribution in [2.24, 2.45) is 0 Å². The Balaban J connectivity index is 1.43. The zero-order valence-corrected chi connectivity index (χ0v) is 16.5. The molecule has 2 aromatic heterocycles. The summed E-state index contributed by atoms with van der Waals surface area (Å²) >= 11 is 7.32. The summed E-state index contributed by atoms with van der Waals surface area (Å²) in [7, 11) is 0. The van der Waals surface area contributed by atoms with E-state index < -0.39 is 0 Å². The van der Waals surface area contributed by atoms with Gasteiger partial charge < -0.3 is 10.4 Å². The summed E-state index contributed by atoms with van der Waals surface area (Å²) in [5.41, 5.74) is 1.46. The molecule has 0 saturated carbocycles. The van der Waals surface area contributed by atoms with Gasteiger partial charge >= 0.3 is 0 Å². The van der Waals surface area contributed by atoms with Gasteiger partial charge in [0.1, 0.15) is 5.69 Å². The molecule has 1 amide bonds. The molecule has 3 heterocycles. The van der Waals surface area contributed by atoms with Crippen molar-refractivity contribution in [3.8, 4) is 17.3 Å². The summed E-state index contributed by atoms with van der Waals surface area (Å²) < 4.78 is 2.57. The van der Waals surface area contributed by atoms with Gasteiger partial charge in [0, 0.05) is 12.1 Å². The minimum atomic E-state index is -0.356. The number of hydrogen-bond acceptors (Lipinski definition) is 7. The molecule has 11 heteroatoms. The zero-order chi connectivity index (χ0) is 20.4. The molecule has 1 atom stereocenters. The van der Waals surface area contributed by atoms with Crippen LogP contribution in [0.3, 0.4) is 0 Å². The van der Waals surface area contributed by atoms with Gasteiger partial charge in [0.2, 0.25) is 5.88 Å². The molecule has 4 rings (SSSR count). The molecule has 3 aromatic rings. The number of rotatable bonds is 5. The van der Waals surface area contributed by atoms with Crippen molar-refractivity contribution in [1.29, 1.82) is 0 Å². The lowest BCUT2D eigenvalue weighted by Gasteiger charge is -2.06. The average molecular weight is 431 g/mol. The maximum Gasteiger partial charge on any atom is 0.271 e. The van der Waals surface area contributed by atoms with E-state index in [0.29, 0.717) is 28.4 Å². The van der Waals surface area contributed by atoms with Gasteiger partial charge in [0.25, 0.3) is 11.5 Å². The lowest BCUT2D eigenvalue weighted by Crippen LogP contribution is -2.23. The van der Waals surface area contributed by atoms with Crippen molar-refractivity contribution in [2.75, 3.05) is 0 Å². The number of aromatic hydroxyl groups is 1. The first-order chi connectivity index (χ1) is 14.0. The summed E-state index contributed by atoms with van der Waals surface area (Å²) in [5.74, 6) is -0.425. The summed E-state index contributed by atoms with van der Waals surface area (Å²) in [5, 5.41) is 24.2. The Kier molecular flexibility index (Phi) is 5.36. The first-order valence-electron chi connectivity index (χ1n) is 8.60. The number of benzene rings is 1. The van der Waals surface area contributed by atoms with Crippen LogP contribution in [-0.4, -0.2) is 40.5 Å². The van der Waals surface area contributed by atoms with Crippen LogP contribution in [0.15, 0.2) is 58.4 Å². The summed E-state index contributed by atoms with van der Waals surface area (Å²) in [4.78, 5) is 24.6. The minimum Gasteiger partial charge on any atom is -0.492 e. The van der Waals surface area contributed by atoms with E-state index in [1.165, 1.54) is 23.9 Å². The molecule has 0 spiro atoms. The number of alkyl halides is 1. The Morgan fingerprint density at radius 3 is 2.72 bits per heavy atom. The highest BCUT2D eigenvalue weighted by Gasteiger charge is 2.20. The molecule has 29 heavy (non-hydrogen) atoms. The number of nitrogens with one attached hydrogen (secondary N) is 1. The third-order valence-corrected chi connectivity index (χ3v) is 5.58. The monoisotopic (exact) mass is 430 g/mol. The number of hydrogen-bond donors (Lipinski definition) is 2. The van der Waals surface area contributed by atoms with Crippen LogP contribution in [0.2, 0.25) is 0 Å². The van der Waals surface area contributed by atoms with Gasteiger partial charge in [-0.2, -0.15) is 4.68 Å². The van der Waals surface area contributed by atoms with Gasteiger partial charge in [-0.3, -0.25) is 9.59 Å². The summed E-state index contributed by atoms with van der Waals surface area (Å²) in [6.07, 6.45) is 4.20. The molecule has 2 N–H and O–H groups in total. The van der Waals surface area contributed by atoms with Gasteiger partial charge in [-0.15, -0.1) is 33.6 Å². The van der Waals surface area contributed by atoms with Gasteiger partial charge in [-0.25, -0.2) is 4.68 Å². The predicted molar refractivity (Wildman–Crippen MR) is 108 cm³/mol. The van der Waals surface area contributed by atoms with E-state index in [-0.39, 0.29) is 28.6 Å². The fraction of sp³-hybridized carbons (Fsp3) is 0.167. The quantitative estimate of drug-likeness (QED) is 0.592. The highest BCUT2D eigenvalue weighted by atomic mass is 35.5. The second-order valence-corrected chi connectivity index (χ2v) is 8.16. The Hall–Kier alpha value is -3.11. The van der Waals surface area contributed by atoms with E-state index in [2.05, 4.69) is 20.7 Å². The third kappa shape index (κ3) is 4.33. The van der Waals surface area contributed by atoms with E-state index in [4.69, 9.17) is 11.6 Å². The molecular weight excluding hydrogens is 416 g/mol. The smallest absolute Gasteiger partial charge is 0.271 e. The predicted octanol–water partition coefficient (Wildman–Crippen LogP) is 1.72. The fourth-order valence-electron chi connectivity index (χ4n) is 2.68. The van der Waals surface area contributed by atoms with E-state index in [9.17, 15) is 14.7 Å². The standard InChI is InChI=1S/C18H15ClN6O3S/c19-15-6-5-14(29-15)18(28)20-9-11-10-24(23-21-11)12-1-3-13(4-2-12)25-17(27)8-7-16(26)22-25/h1-5,7-8,10,15H,6,9H2,(H,20,28)(H,22,26). The summed E-state index contributed by atoms with van der Waals surface area (Å²) in [6, 6.07) is 9.31. The van der Waals surface area contributed by atoms with Gasteiger partial charge in [-0.1, -0.05) is 11.3 Å². The topological polar surface area (TPSA) is 115 Å². The van der Waals surface area contributed by atoms with Crippen LogP contribution in [0, 0.1) is 0 Å². The van der Waals surface area contributed by atoms with Gasteiger partial charge in [-0.05, 0) is 30.7 Å². The first kappa shape index (κ1) is 19.2.